The van der Waals surface area contributed by atoms with Gasteiger partial charge in [0.2, 0.25) is 0 Å². The van der Waals surface area contributed by atoms with Crippen LogP contribution in [0.25, 0.3) is 0 Å². The minimum atomic E-state index is -1.84. The lowest BCUT2D eigenvalue weighted by molar-refractivity contribution is -0.317. The van der Waals surface area contributed by atoms with Gasteiger partial charge >= 0.3 is 5.97 Å². The second-order valence-electron chi connectivity index (χ2n) is 18.5. The molecule has 1 amide bonds. The van der Waals surface area contributed by atoms with Gasteiger partial charge in [0.1, 0.15) is 30.0 Å². The van der Waals surface area contributed by atoms with E-state index in [0.29, 0.717) is 18.5 Å². The largest absolute Gasteiger partial charge is 0.459 e. The van der Waals surface area contributed by atoms with Crippen LogP contribution in [-0.4, -0.2) is 165 Å². The molecule has 3 heterocycles. The summed E-state index contributed by atoms with van der Waals surface area (Å²) in [6.45, 7) is 17.7. The highest BCUT2D eigenvalue weighted by Gasteiger charge is 2.53. The third-order valence-corrected chi connectivity index (χ3v) is 13.4. The van der Waals surface area contributed by atoms with Gasteiger partial charge in [0.15, 0.2) is 12.6 Å². The van der Waals surface area contributed by atoms with Crippen molar-refractivity contribution in [3.05, 3.63) is 35.9 Å². The molecule has 3 fully saturated rings. The van der Waals surface area contributed by atoms with Crippen LogP contribution in [-0.2, 0) is 33.2 Å². The van der Waals surface area contributed by atoms with Crippen molar-refractivity contribution >= 4 is 11.9 Å². The molecule has 3 aliphatic rings. The Labute approximate surface area is 351 Å². The Hall–Kier alpha value is -2.28. The van der Waals surface area contributed by atoms with Gasteiger partial charge in [0.25, 0.3) is 5.91 Å². The summed E-state index contributed by atoms with van der Waals surface area (Å²) in [4.78, 5) is 31.3. The lowest BCUT2D eigenvalue weighted by Crippen LogP contribution is -2.61. The van der Waals surface area contributed by atoms with Crippen LogP contribution in [0.4, 0.5) is 0 Å². The van der Waals surface area contributed by atoms with Gasteiger partial charge in [0.05, 0.1) is 47.6 Å². The number of carbonyl (C=O) groups is 2. The first-order valence-corrected chi connectivity index (χ1v) is 21.3. The van der Waals surface area contributed by atoms with Gasteiger partial charge in [-0.05, 0) is 92.8 Å². The Balaban J connectivity index is 1.81. The Morgan fingerprint density at radius 3 is 2.17 bits per heavy atom. The van der Waals surface area contributed by atoms with Crippen molar-refractivity contribution in [3.63, 3.8) is 0 Å². The number of aliphatic hydroxyl groups excluding tert-OH is 3. The molecule has 0 bridgehead atoms. The number of amides is 1. The quantitative estimate of drug-likeness (QED) is 0.240. The van der Waals surface area contributed by atoms with Crippen molar-refractivity contribution in [1.82, 2.24) is 9.80 Å². The molecule has 59 heavy (non-hydrogen) atoms. The van der Waals surface area contributed by atoms with Crippen molar-refractivity contribution in [3.8, 4) is 0 Å². The molecule has 0 aliphatic carbocycles. The van der Waals surface area contributed by atoms with E-state index in [1.807, 2.05) is 31.9 Å². The van der Waals surface area contributed by atoms with Crippen LogP contribution < -0.4 is 0 Å². The number of rotatable bonds is 8. The maximum Gasteiger partial charge on any atom is 0.311 e. The molecule has 0 aromatic heterocycles. The number of nitrogens with zero attached hydrogens (tertiary/aromatic N) is 2. The van der Waals surface area contributed by atoms with E-state index >= 15 is 0 Å². The van der Waals surface area contributed by atoms with Crippen LogP contribution in [0, 0.1) is 17.8 Å². The van der Waals surface area contributed by atoms with Crippen molar-refractivity contribution in [2.75, 3.05) is 27.7 Å². The summed E-state index contributed by atoms with van der Waals surface area (Å²) < 4.78 is 37.8. The minimum absolute atomic E-state index is 0.0904. The van der Waals surface area contributed by atoms with E-state index < -0.39 is 108 Å². The molecule has 3 aliphatic heterocycles. The first-order chi connectivity index (χ1) is 27.4. The van der Waals surface area contributed by atoms with E-state index in [-0.39, 0.29) is 31.1 Å². The summed E-state index contributed by atoms with van der Waals surface area (Å²) in [5.74, 6) is -3.14. The molecule has 1 unspecified atom stereocenters. The Morgan fingerprint density at radius 1 is 0.949 bits per heavy atom. The molecule has 15 heteroatoms. The van der Waals surface area contributed by atoms with Crippen LogP contribution in [0.3, 0.4) is 0 Å². The Morgan fingerprint density at radius 2 is 1.58 bits per heavy atom. The number of hydrogen-bond acceptors (Lipinski definition) is 14. The first-order valence-electron chi connectivity index (χ1n) is 21.3. The van der Waals surface area contributed by atoms with Gasteiger partial charge in [-0.15, -0.1) is 0 Å². The number of carbonyl (C=O) groups excluding carboxylic acids is 2. The number of cyclic esters (lactones) is 1. The van der Waals surface area contributed by atoms with Crippen molar-refractivity contribution in [1.29, 1.82) is 0 Å². The number of benzene rings is 1. The van der Waals surface area contributed by atoms with Gasteiger partial charge in [-0.1, -0.05) is 39.0 Å². The average Bonchev–Trinajstić information content (AvgIpc) is 3.18. The third-order valence-electron chi connectivity index (χ3n) is 13.4. The molecule has 0 saturated carbocycles. The van der Waals surface area contributed by atoms with E-state index in [1.165, 1.54) is 18.9 Å². The van der Waals surface area contributed by atoms with Gasteiger partial charge in [-0.3, -0.25) is 9.59 Å². The molecule has 18 atom stereocenters. The molecular weight excluding hydrogens is 764 g/mol. The summed E-state index contributed by atoms with van der Waals surface area (Å²) in [6, 6.07) is 7.49. The number of esters is 1. The zero-order valence-electron chi connectivity index (χ0n) is 37.5. The van der Waals surface area contributed by atoms with Gasteiger partial charge in [0, 0.05) is 44.6 Å². The highest BCUT2D eigenvalue weighted by atomic mass is 16.7. The maximum absolute atomic E-state index is 14.3. The number of aliphatic hydroxyl groups is 5. The molecule has 0 spiro atoms. The van der Waals surface area contributed by atoms with Crippen LogP contribution in [0.5, 0.6) is 0 Å². The monoisotopic (exact) mass is 839 g/mol. The number of likely N-dealkylation sites (N-methyl/N-ethyl adjacent to an activating group) is 2. The van der Waals surface area contributed by atoms with E-state index in [2.05, 4.69) is 0 Å². The maximum atomic E-state index is 14.3. The van der Waals surface area contributed by atoms with Crippen LogP contribution in [0.1, 0.15) is 105 Å². The molecule has 5 N–H and O–H groups in total. The zero-order valence-corrected chi connectivity index (χ0v) is 37.5. The van der Waals surface area contributed by atoms with Crippen LogP contribution >= 0.6 is 0 Å². The van der Waals surface area contributed by atoms with Gasteiger partial charge in [-0.25, -0.2) is 0 Å². The molecule has 15 nitrogen and oxygen atoms in total. The Bertz CT molecular complexity index is 1520. The minimum Gasteiger partial charge on any atom is -0.459 e. The highest BCUT2D eigenvalue weighted by molar-refractivity contribution is 5.94. The SMILES string of the molecule is CC[C@H]1OC(=O)[C@H](C)[C@@H](OC2C[C@@](C)(OC)[C@@H](O)[C@H](C)O2)[C@H](C)[C@@H](O[C@@H]2O[C@H](C)C[C@H](N(C)C(=O)c3ccccc3)[C@H]2O)[C@@](C)(O)C[C@@H](C)CN(C)[C@H](C)[C@@H](O)[C@]1(C)O. The fourth-order valence-corrected chi connectivity index (χ4v) is 9.54. The van der Waals surface area contributed by atoms with Crippen molar-refractivity contribution in [2.45, 2.75) is 185 Å². The fourth-order valence-electron chi connectivity index (χ4n) is 9.54. The summed E-state index contributed by atoms with van der Waals surface area (Å²) >= 11 is 0. The Kier molecular flexibility index (Phi) is 16.6. The molecule has 1 aromatic carbocycles. The second kappa shape index (κ2) is 19.8. The average molecular weight is 839 g/mol. The number of ether oxygens (including phenoxy) is 6. The predicted octanol–water partition coefficient (Wildman–Crippen LogP) is 3.11. The van der Waals surface area contributed by atoms with Gasteiger partial charge < -0.3 is 63.8 Å². The number of methoxy groups -OCH3 is 1. The van der Waals surface area contributed by atoms with Crippen LogP contribution in [0.2, 0.25) is 0 Å². The predicted molar refractivity (Wildman–Crippen MR) is 219 cm³/mol. The first kappa shape index (κ1) is 49.4. The lowest BCUT2D eigenvalue weighted by atomic mass is 9.77. The summed E-state index contributed by atoms with van der Waals surface area (Å²) in [5, 5.41) is 59.0. The van der Waals surface area contributed by atoms with E-state index in [0.717, 1.165) is 0 Å². The lowest BCUT2D eigenvalue weighted by Gasteiger charge is -2.49. The number of hydrogen-bond donors (Lipinski definition) is 5. The molecule has 4 rings (SSSR count). The standard InChI is InChI=1S/C44H74N2O13/c1-14-32-44(10,53)36(48)28(6)45(11)23-24(2)21-42(8,52)38(59-41-34(47)31(20-25(3)55-41)46(12)39(50)30-18-16-15-17-19-30)26(4)35(27(5)40(51)57-32)58-33-22-43(9,54-13)37(49)29(7)56-33/h15-19,24-29,31-38,41,47-49,52-53H,14,20-23H2,1-13H3/t24-,25-,26+,27-,28-,29+,31+,32-,33?,34-,35+,36-,37+,38-,41+,42+,43-,44-/m1/s1. The van der Waals surface area contributed by atoms with E-state index in [1.54, 1.807) is 79.8 Å². The molecule has 1 aromatic rings. The topological polar surface area (TPSA) is 197 Å². The highest BCUT2D eigenvalue weighted by Crippen LogP contribution is 2.40. The normalized spacial score (nSPS) is 44.8. The summed E-state index contributed by atoms with van der Waals surface area (Å²) in [7, 11) is 4.94. The van der Waals surface area contributed by atoms with Crippen molar-refractivity contribution < 1.29 is 63.5 Å². The third kappa shape index (κ3) is 11.0. The molecule has 3 saturated heterocycles. The van der Waals surface area contributed by atoms with E-state index in [9.17, 15) is 35.1 Å². The van der Waals surface area contributed by atoms with Crippen molar-refractivity contribution in [2.24, 2.45) is 17.8 Å². The van der Waals surface area contributed by atoms with E-state index in [4.69, 9.17) is 28.4 Å². The fraction of sp³-hybridized carbons (Fsp3) is 0.818. The summed E-state index contributed by atoms with van der Waals surface area (Å²) in [5.41, 5.74) is -4.10. The molecular formula is C44H74N2O13. The molecule has 338 valence electrons. The van der Waals surface area contributed by atoms with Gasteiger partial charge in [-0.2, -0.15) is 0 Å². The summed E-state index contributed by atoms with van der Waals surface area (Å²) in [6.07, 6.45) is -9.73. The molecule has 0 radical (unpaired) electrons. The second-order valence-corrected chi connectivity index (χ2v) is 18.5. The van der Waals surface area contributed by atoms with Crippen LogP contribution in [0.15, 0.2) is 30.3 Å². The zero-order chi connectivity index (χ0) is 44.4. The smallest absolute Gasteiger partial charge is 0.311 e.